The van der Waals surface area contributed by atoms with Crippen LogP contribution in [0.1, 0.15) is 25.5 Å². The van der Waals surface area contributed by atoms with Crippen LogP contribution in [0.25, 0.3) is 0 Å². The van der Waals surface area contributed by atoms with Gasteiger partial charge in [-0.25, -0.2) is 0 Å². The number of thioether (sulfide) groups is 1. The molecule has 1 aromatic carbocycles. The zero-order chi connectivity index (χ0) is 11.4. The van der Waals surface area contributed by atoms with Crippen LogP contribution in [-0.2, 0) is 0 Å². The summed E-state index contributed by atoms with van der Waals surface area (Å²) in [7, 11) is 0. The van der Waals surface area contributed by atoms with E-state index in [0.29, 0.717) is 15.8 Å². The van der Waals surface area contributed by atoms with Gasteiger partial charge >= 0.3 is 0 Å². The van der Waals surface area contributed by atoms with Crippen molar-refractivity contribution in [2.24, 2.45) is 0 Å². The van der Waals surface area contributed by atoms with Gasteiger partial charge in [-0.2, -0.15) is 0 Å². The number of rotatable bonds is 4. The van der Waals surface area contributed by atoms with Crippen LogP contribution < -0.4 is 0 Å². The Morgan fingerprint density at radius 2 is 2.07 bits per heavy atom. The van der Waals surface area contributed by atoms with E-state index in [2.05, 4.69) is 13.8 Å². The number of hydrogen-bond acceptors (Lipinski definition) is 3. The van der Waals surface area contributed by atoms with Crippen LogP contribution in [0.3, 0.4) is 0 Å². The summed E-state index contributed by atoms with van der Waals surface area (Å²) in [4.78, 5) is 0.930. The summed E-state index contributed by atoms with van der Waals surface area (Å²) in [6.45, 7) is 3.83. The van der Waals surface area contributed by atoms with E-state index in [-0.39, 0.29) is 6.61 Å². The van der Waals surface area contributed by atoms with E-state index in [1.807, 2.05) is 12.1 Å². The summed E-state index contributed by atoms with van der Waals surface area (Å²) in [5, 5.41) is 19.5. The average molecular weight is 247 g/mol. The first-order valence-electron chi connectivity index (χ1n) is 4.80. The fourth-order valence-corrected chi connectivity index (χ4v) is 2.68. The lowest BCUT2D eigenvalue weighted by Crippen LogP contribution is -2.05. The van der Waals surface area contributed by atoms with Gasteiger partial charge in [0.15, 0.2) is 0 Å². The highest BCUT2D eigenvalue weighted by Gasteiger charge is 2.16. The third-order valence-corrected chi connectivity index (χ3v) is 3.29. The average Bonchev–Trinajstić information content (AvgIpc) is 2.16. The topological polar surface area (TPSA) is 40.5 Å². The second-order valence-electron chi connectivity index (χ2n) is 3.52. The van der Waals surface area contributed by atoms with E-state index in [0.717, 1.165) is 4.90 Å². The molecule has 0 aliphatic carbocycles. The van der Waals surface area contributed by atoms with E-state index in [1.54, 1.807) is 17.8 Å². The van der Waals surface area contributed by atoms with Gasteiger partial charge in [-0.05, 0) is 12.1 Å². The molecular formula is C11H15ClO2S. The third-order valence-electron chi connectivity index (χ3n) is 1.88. The van der Waals surface area contributed by atoms with Gasteiger partial charge in [0.05, 0.1) is 6.61 Å². The van der Waals surface area contributed by atoms with Crippen molar-refractivity contribution in [2.75, 3.05) is 6.61 Å². The number of aliphatic hydroxyl groups excluding tert-OH is 2. The Balaban J connectivity index is 3.08. The lowest BCUT2D eigenvalue weighted by Gasteiger charge is -2.16. The normalized spacial score (nSPS) is 13.2. The molecule has 0 aliphatic rings. The summed E-state index contributed by atoms with van der Waals surface area (Å²) in [6, 6.07) is 5.48. The second-order valence-corrected chi connectivity index (χ2v) is 5.54. The molecule has 4 heteroatoms. The van der Waals surface area contributed by atoms with Gasteiger partial charge < -0.3 is 10.2 Å². The van der Waals surface area contributed by atoms with Crippen LogP contribution in [-0.4, -0.2) is 22.1 Å². The van der Waals surface area contributed by atoms with Gasteiger partial charge in [0.25, 0.3) is 0 Å². The Morgan fingerprint density at radius 1 is 1.40 bits per heavy atom. The molecule has 0 radical (unpaired) electrons. The molecule has 0 heterocycles. The van der Waals surface area contributed by atoms with Crippen molar-refractivity contribution in [1.29, 1.82) is 0 Å². The predicted octanol–water partition coefficient (Wildman–Crippen LogP) is 2.87. The SMILES string of the molecule is CC(C)Sc1cccc(Cl)c1C(O)CO. The van der Waals surface area contributed by atoms with Crippen LogP contribution in [0.5, 0.6) is 0 Å². The van der Waals surface area contributed by atoms with Gasteiger partial charge in [-0.15, -0.1) is 11.8 Å². The smallest absolute Gasteiger partial charge is 0.105 e. The summed E-state index contributed by atoms with van der Waals surface area (Å²) >= 11 is 7.63. The second kappa shape index (κ2) is 5.75. The molecule has 0 saturated carbocycles. The molecule has 0 bridgehead atoms. The molecule has 0 aliphatic heterocycles. The molecule has 15 heavy (non-hydrogen) atoms. The molecule has 2 N–H and O–H groups in total. The maximum atomic E-state index is 9.66. The van der Waals surface area contributed by atoms with E-state index in [9.17, 15) is 5.11 Å². The molecule has 84 valence electrons. The first-order valence-corrected chi connectivity index (χ1v) is 6.06. The minimum atomic E-state index is -0.903. The molecule has 0 fully saturated rings. The fourth-order valence-electron chi connectivity index (χ4n) is 1.29. The monoisotopic (exact) mass is 246 g/mol. The Bertz CT molecular complexity index is 328. The highest BCUT2D eigenvalue weighted by molar-refractivity contribution is 8.00. The van der Waals surface area contributed by atoms with Crippen LogP contribution in [0.15, 0.2) is 23.1 Å². The standard InChI is InChI=1S/C11H15ClO2S/c1-7(2)15-10-5-3-4-8(12)11(10)9(14)6-13/h3-5,7,9,13-14H,6H2,1-2H3. The zero-order valence-electron chi connectivity index (χ0n) is 8.77. The third kappa shape index (κ3) is 3.38. The van der Waals surface area contributed by atoms with Crippen molar-refractivity contribution in [2.45, 2.75) is 30.1 Å². The van der Waals surface area contributed by atoms with Crippen molar-refractivity contribution < 1.29 is 10.2 Å². The lowest BCUT2D eigenvalue weighted by molar-refractivity contribution is 0.0937. The molecule has 1 atom stereocenters. The Hall–Kier alpha value is -0.220. The van der Waals surface area contributed by atoms with Gasteiger partial charge in [-0.1, -0.05) is 31.5 Å². The van der Waals surface area contributed by atoms with Gasteiger partial charge in [-0.3, -0.25) is 0 Å². The molecule has 1 aromatic rings. The van der Waals surface area contributed by atoms with Crippen LogP contribution in [0.2, 0.25) is 5.02 Å². The summed E-state index contributed by atoms with van der Waals surface area (Å²) in [6.07, 6.45) is -0.903. The summed E-state index contributed by atoms with van der Waals surface area (Å²) in [5.74, 6) is 0. The predicted molar refractivity (Wildman–Crippen MR) is 64.5 cm³/mol. The van der Waals surface area contributed by atoms with E-state index in [1.165, 1.54) is 0 Å². The summed E-state index contributed by atoms with van der Waals surface area (Å²) < 4.78 is 0. The Morgan fingerprint density at radius 3 is 2.60 bits per heavy atom. The highest BCUT2D eigenvalue weighted by atomic mass is 35.5. The molecule has 0 spiro atoms. The molecule has 1 rings (SSSR count). The zero-order valence-corrected chi connectivity index (χ0v) is 10.3. The molecular weight excluding hydrogens is 232 g/mol. The highest BCUT2D eigenvalue weighted by Crippen LogP contribution is 2.34. The molecule has 0 aromatic heterocycles. The number of halogens is 1. The number of aliphatic hydroxyl groups is 2. The first-order chi connectivity index (χ1) is 7.06. The largest absolute Gasteiger partial charge is 0.393 e. The van der Waals surface area contributed by atoms with Crippen LogP contribution in [0.4, 0.5) is 0 Å². The van der Waals surface area contributed by atoms with Crippen molar-refractivity contribution in [3.05, 3.63) is 28.8 Å². The van der Waals surface area contributed by atoms with Crippen molar-refractivity contribution >= 4 is 23.4 Å². The van der Waals surface area contributed by atoms with E-state index in [4.69, 9.17) is 16.7 Å². The summed E-state index contributed by atoms with van der Waals surface area (Å²) in [5.41, 5.74) is 0.625. The number of hydrogen-bond donors (Lipinski definition) is 2. The molecule has 0 amide bonds. The van der Waals surface area contributed by atoms with E-state index >= 15 is 0 Å². The van der Waals surface area contributed by atoms with Crippen LogP contribution >= 0.6 is 23.4 Å². The van der Waals surface area contributed by atoms with E-state index < -0.39 is 6.10 Å². The minimum absolute atomic E-state index is 0.310. The maximum Gasteiger partial charge on any atom is 0.105 e. The number of benzene rings is 1. The molecule has 0 saturated heterocycles. The first kappa shape index (κ1) is 12.8. The fraction of sp³-hybridized carbons (Fsp3) is 0.455. The van der Waals surface area contributed by atoms with Gasteiger partial charge in [0.2, 0.25) is 0 Å². The minimum Gasteiger partial charge on any atom is -0.393 e. The van der Waals surface area contributed by atoms with Crippen molar-refractivity contribution in [3.8, 4) is 0 Å². The molecule has 1 unspecified atom stereocenters. The Kier molecular flexibility index (Phi) is 4.93. The Labute approximate surface area is 99.3 Å². The maximum absolute atomic E-state index is 9.66. The molecule has 2 nitrogen and oxygen atoms in total. The quantitative estimate of drug-likeness (QED) is 0.803. The lowest BCUT2D eigenvalue weighted by atomic mass is 10.1. The van der Waals surface area contributed by atoms with Gasteiger partial charge in [0, 0.05) is 20.7 Å². The van der Waals surface area contributed by atoms with Crippen molar-refractivity contribution in [1.82, 2.24) is 0 Å². The van der Waals surface area contributed by atoms with Crippen LogP contribution in [0, 0.1) is 0 Å². The van der Waals surface area contributed by atoms with Gasteiger partial charge in [0.1, 0.15) is 6.10 Å². The van der Waals surface area contributed by atoms with Crippen molar-refractivity contribution in [3.63, 3.8) is 0 Å².